The molecule has 2 aromatic rings. The summed E-state index contributed by atoms with van der Waals surface area (Å²) in [5.74, 6) is 0. The van der Waals surface area contributed by atoms with Gasteiger partial charge in [0.15, 0.2) is 0 Å². The second kappa shape index (κ2) is 7.04. The van der Waals surface area contributed by atoms with Gasteiger partial charge in [-0.3, -0.25) is 9.58 Å². The summed E-state index contributed by atoms with van der Waals surface area (Å²) in [4.78, 5) is 2.38. The monoisotopic (exact) mass is 333 g/mol. The van der Waals surface area contributed by atoms with Crippen molar-refractivity contribution in [1.82, 2.24) is 14.7 Å². The van der Waals surface area contributed by atoms with E-state index in [2.05, 4.69) is 23.4 Å². The predicted octanol–water partition coefficient (Wildman–Crippen LogP) is 3.16. The lowest BCUT2D eigenvalue weighted by Crippen LogP contribution is -2.29. The van der Waals surface area contributed by atoms with Gasteiger partial charge >= 0.3 is 0 Å². The summed E-state index contributed by atoms with van der Waals surface area (Å²) in [7, 11) is 0. The SMILES string of the molecule is Cc1nn(Cc2ccc(Cl)cc2)c(C)c1CN(CCO)C1CC1. The maximum absolute atomic E-state index is 9.28. The third kappa shape index (κ3) is 3.94. The van der Waals surface area contributed by atoms with Crippen LogP contribution in [0, 0.1) is 13.8 Å². The zero-order valence-corrected chi connectivity index (χ0v) is 14.6. The molecule has 0 aliphatic heterocycles. The molecular weight excluding hydrogens is 310 g/mol. The Balaban J connectivity index is 1.77. The summed E-state index contributed by atoms with van der Waals surface area (Å²) in [6, 6.07) is 8.56. The van der Waals surface area contributed by atoms with E-state index in [1.54, 1.807) is 0 Å². The van der Waals surface area contributed by atoms with Gasteiger partial charge in [-0.25, -0.2) is 0 Å². The van der Waals surface area contributed by atoms with Crippen molar-refractivity contribution in [2.75, 3.05) is 13.2 Å². The molecule has 0 spiro atoms. The smallest absolute Gasteiger partial charge is 0.0662 e. The van der Waals surface area contributed by atoms with E-state index in [0.29, 0.717) is 6.04 Å². The molecule has 0 saturated heterocycles. The minimum Gasteiger partial charge on any atom is -0.395 e. The van der Waals surface area contributed by atoms with Gasteiger partial charge in [0.2, 0.25) is 0 Å². The standard InChI is InChI=1S/C18H24ClN3O/c1-13-18(12-21(9-10-23)17-7-8-17)14(2)22(20-13)11-15-3-5-16(19)6-4-15/h3-6,17,23H,7-12H2,1-2H3. The Morgan fingerprint density at radius 1 is 1.26 bits per heavy atom. The maximum Gasteiger partial charge on any atom is 0.0662 e. The summed E-state index contributed by atoms with van der Waals surface area (Å²) < 4.78 is 2.07. The molecule has 1 fully saturated rings. The number of aryl methyl sites for hydroxylation is 1. The number of aliphatic hydroxyl groups is 1. The first-order chi connectivity index (χ1) is 11.1. The van der Waals surface area contributed by atoms with Gasteiger partial charge in [0.1, 0.15) is 0 Å². The third-order valence-electron chi connectivity index (χ3n) is 4.59. The van der Waals surface area contributed by atoms with Gasteiger partial charge in [-0.2, -0.15) is 5.10 Å². The molecule has 1 heterocycles. The topological polar surface area (TPSA) is 41.3 Å². The van der Waals surface area contributed by atoms with Gasteiger partial charge in [0.25, 0.3) is 0 Å². The van der Waals surface area contributed by atoms with Crippen molar-refractivity contribution in [3.05, 3.63) is 51.8 Å². The molecule has 1 aromatic heterocycles. The van der Waals surface area contributed by atoms with Gasteiger partial charge in [-0.1, -0.05) is 23.7 Å². The number of rotatable bonds is 7. The summed E-state index contributed by atoms with van der Waals surface area (Å²) in [6.45, 7) is 6.80. The molecule has 0 atom stereocenters. The molecule has 1 aromatic carbocycles. The second-order valence-electron chi connectivity index (χ2n) is 6.36. The van der Waals surface area contributed by atoms with Gasteiger partial charge in [-0.05, 0) is 44.4 Å². The Hall–Kier alpha value is -1.36. The van der Waals surface area contributed by atoms with Crippen LogP contribution < -0.4 is 0 Å². The van der Waals surface area contributed by atoms with E-state index in [1.165, 1.54) is 29.7 Å². The molecule has 1 saturated carbocycles. The highest BCUT2D eigenvalue weighted by Crippen LogP contribution is 2.29. The summed E-state index contributed by atoms with van der Waals surface area (Å²) in [6.07, 6.45) is 2.49. The summed E-state index contributed by atoms with van der Waals surface area (Å²) in [5.41, 5.74) is 4.78. The van der Waals surface area contributed by atoms with E-state index >= 15 is 0 Å². The molecule has 5 heteroatoms. The lowest BCUT2D eigenvalue weighted by molar-refractivity contribution is 0.183. The average molecular weight is 334 g/mol. The first-order valence-electron chi connectivity index (χ1n) is 8.20. The molecule has 0 radical (unpaired) electrons. The first kappa shape index (κ1) is 16.5. The molecule has 3 rings (SSSR count). The zero-order valence-electron chi connectivity index (χ0n) is 13.8. The average Bonchev–Trinajstić information content (AvgIpc) is 3.33. The van der Waals surface area contributed by atoms with Gasteiger partial charge < -0.3 is 5.11 Å². The van der Waals surface area contributed by atoms with E-state index in [-0.39, 0.29) is 6.61 Å². The molecule has 4 nitrogen and oxygen atoms in total. The van der Waals surface area contributed by atoms with Crippen molar-refractivity contribution < 1.29 is 5.11 Å². The quantitative estimate of drug-likeness (QED) is 0.846. The number of hydrogen-bond acceptors (Lipinski definition) is 3. The predicted molar refractivity (Wildman–Crippen MR) is 92.8 cm³/mol. The molecule has 23 heavy (non-hydrogen) atoms. The fourth-order valence-corrected chi connectivity index (χ4v) is 3.17. The van der Waals surface area contributed by atoms with Crippen LogP contribution in [0.15, 0.2) is 24.3 Å². The zero-order chi connectivity index (χ0) is 16.4. The van der Waals surface area contributed by atoms with E-state index in [1.807, 2.05) is 24.3 Å². The van der Waals surface area contributed by atoms with Crippen LogP contribution in [0.4, 0.5) is 0 Å². The number of aromatic nitrogens is 2. The van der Waals surface area contributed by atoms with Crippen LogP contribution in [-0.2, 0) is 13.1 Å². The van der Waals surface area contributed by atoms with Crippen LogP contribution in [0.3, 0.4) is 0 Å². The van der Waals surface area contributed by atoms with Crippen molar-refractivity contribution in [3.8, 4) is 0 Å². The van der Waals surface area contributed by atoms with Crippen LogP contribution in [0.1, 0.15) is 35.4 Å². The molecule has 1 aliphatic carbocycles. The van der Waals surface area contributed by atoms with Crippen LogP contribution in [-0.4, -0.2) is 39.0 Å². The van der Waals surface area contributed by atoms with E-state index in [9.17, 15) is 5.11 Å². The largest absolute Gasteiger partial charge is 0.395 e. The van der Waals surface area contributed by atoms with Crippen LogP contribution >= 0.6 is 11.6 Å². The molecule has 1 aliphatic rings. The lowest BCUT2D eigenvalue weighted by atomic mass is 10.1. The normalized spacial score (nSPS) is 14.7. The van der Waals surface area contributed by atoms with E-state index < -0.39 is 0 Å². The molecular formula is C18H24ClN3O. The fourth-order valence-electron chi connectivity index (χ4n) is 3.04. The fraction of sp³-hybridized carbons (Fsp3) is 0.500. The molecule has 0 amide bonds. The number of hydrogen-bond donors (Lipinski definition) is 1. The highest BCUT2D eigenvalue weighted by molar-refractivity contribution is 6.30. The van der Waals surface area contributed by atoms with Crippen LogP contribution in [0.5, 0.6) is 0 Å². The van der Waals surface area contributed by atoms with Gasteiger partial charge in [0.05, 0.1) is 18.8 Å². The third-order valence-corrected chi connectivity index (χ3v) is 4.84. The van der Waals surface area contributed by atoms with Gasteiger partial charge in [-0.15, -0.1) is 0 Å². The molecule has 1 N–H and O–H groups in total. The molecule has 124 valence electrons. The first-order valence-corrected chi connectivity index (χ1v) is 8.58. The highest BCUT2D eigenvalue weighted by atomic mass is 35.5. The Bertz CT molecular complexity index is 662. The number of aliphatic hydroxyl groups excluding tert-OH is 1. The second-order valence-corrected chi connectivity index (χ2v) is 6.80. The summed E-state index contributed by atoms with van der Waals surface area (Å²) in [5, 5.41) is 14.8. The Labute approximate surface area is 142 Å². The Morgan fingerprint density at radius 2 is 1.96 bits per heavy atom. The van der Waals surface area contributed by atoms with Crippen molar-refractivity contribution in [2.24, 2.45) is 0 Å². The van der Waals surface area contributed by atoms with Crippen molar-refractivity contribution >= 4 is 11.6 Å². The molecule has 0 unspecified atom stereocenters. The van der Waals surface area contributed by atoms with Crippen molar-refractivity contribution in [2.45, 2.75) is 45.8 Å². The van der Waals surface area contributed by atoms with Crippen molar-refractivity contribution in [1.29, 1.82) is 0 Å². The maximum atomic E-state index is 9.28. The van der Waals surface area contributed by atoms with Crippen molar-refractivity contribution in [3.63, 3.8) is 0 Å². The van der Waals surface area contributed by atoms with Crippen LogP contribution in [0.2, 0.25) is 5.02 Å². The van der Waals surface area contributed by atoms with Gasteiger partial charge in [0, 0.05) is 35.4 Å². The van der Waals surface area contributed by atoms with E-state index in [0.717, 1.165) is 30.4 Å². The number of nitrogens with zero attached hydrogens (tertiary/aromatic N) is 3. The minimum absolute atomic E-state index is 0.216. The Morgan fingerprint density at radius 3 is 2.57 bits per heavy atom. The molecule has 0 bridgehead atoms. The highest BCUT2D eigenvalue weighted by Gasteiger charge is 2.29. The minimum atomic E-state index is 0.216. The number of benzene rings is 1. The lowest BCUT2D eigenvalue weighted by Gasteiger charge is -2.21. The van der Waals surface area contributed by atoms with E-state index in [4.69, 9.17) is 16.7 Å². The number of halogens is 1. The van der Waals surface area contributed by atoms with Crippen LogP contribution in [0.25, 0.3) is 0 Å². The summed E-state index contributed by atoms with van der Waals surface area (Å²) >= 11 is 5.95. The Kier molecular flexibility index (Phi) is 5.05.